The smallest absolute Gasteiger partial charge is 0.326 e. The molecule has 1 aliphatic rings. The molecule has 2 unspecified atom stereocenters. The molecule has 1 saturated carbocycles. The maximum Gasteiger partial charge on any atom is 0.326 e. The largest absolute Gasteiger partial charge is 0.465 e. The highest BCUT2D eigenvalue weighted by molar-refractivity contribution is 5.81. The van der Waals surface area contributed by atoms with Gasteiger partial charge in [-0.3, -0.25) is 9.69 Å². The molecule has 0 aromatic heterocycles. The Bertz CT molecular complexity index is 329. The summed E-state index contributed by atoms with van der Waals surface area (Å²) in [6.45, 7) is 12.3. The van der Waals surface area contributed by atoms with Gasteiger partial charge in [0.15, 0.2) is 0 Å². The first kappa shape index (κ1) is 18.4. The zero-order chi connectivity index (χ0) is 16.0. The van der Waals surface area contributed by atoms with Gasteiger partial charge in [-0.25, -0.2) is 0 Å². The lowest BCUT2D eigenvalue weighted by molar-refractivity contribution is -0.149. The molecular weight excluding hydrogens is 264 g/mol. The predicted octanol–water partition coefficient (Wildman–Crippen LogP) is 2.95. The van der Waals surface area contributed by atoms with Crippen LogP contribution in [-0.2, 0) is 9.53 Å². The van der Waals surface area contributed by atoms with Crippen LogP contribution >= 0.6 is 0 Å². The molecule has 0 saturated heterocycles. The number of nitrogens with zero attached hydrogens (tertiary/aromatic N) is 1. The molecule has 0 spiro atoms. The van der Waals surface area contributed by atoms with Crippen LogP contribution in [-0.4, -0.2) is 41.6 Å². The maximum absolute atomic E-state index is 12.1. The summed E-state index contributed by atoms with van der Waals surface area (Å²) in [5.41, 5.74) is 5.55. The summed E-state index contributed by atoms with van der Waals surface area (Å²) in [6, 6.07) is 0.994. The van der Waals surface area contributed by atoms with Crippen LogP contribution in [0.25, 0.3) is 0 Å². The van der Waals surface area contributed by atoms with E-state index in [-0.39, 0.29) is 5.97 Å². The second kappa shape index (κ2) is 8.14. The van der Waals surface area contributed by atoms with Gasteiger partial charge in [0.2, 0.25) is 0 Å². The van der Waals surface area contributed by atoms with Crippen LogP contribution in [0.1, 0.15) is 66.7 Å². The molecule has 0 amide bonds. The van der Waals surface area contributed by atoms with E-state index in [2.05, 4.69) is 32.6 Å². The van der Waals surface area contributed by atoms with E-state index in [1.807, 2.05) is 6.92 Å². The highest BCUT2D eigenvalue weighted by atomic mass is 16.5. The van der Waals surface area contributed by atoms with Crippen LogP contribution in [0.3, 0.4) is 0 Å². The van der Waals surface area contributed by atoms with Crippen molar-refractivity contribution in [3.63, 3.8) is 0 Å². The van der Waals surface area contributed by atoms with Crippen molar-refractivity contribution in [2.75, 3.05) is 13.2 Å². The zero-order valence-corrected chi connectivity index (χ0v) is 14.5. The fraction of sp³-hybridized carbons (Fsp3) is 0.941. The third-order valence-electron chi connectivity index (χ3n) is 4.66. The van der Waals surface area contributed by atoms with Crippen LogP contribution in [0.2, 0.25) is 0 Å². The average Bonchev–Trinajstić information content (AvgIpc) is 2.83. The second-order valence-electron chi connectivity index (χ2n) is 6.83. The molecular formula is C17H34N2O2. The molecule has 0 bridgehead atoms. The number of esters is 1. The first-order valence-corrected chi connectivity index (χ1v) is 8.59. The number of ether oxygens (including phenoxy) is 1. The first-order valence-electron chi connectivity index (χ1n) is 8.59. The lowest BCUT2D eigenvalue weighted by Gasteiger charge is -2.37. The quantitative estimate of drug-likeness (QED) is 0.700. The van der Waals surface area contributed by atoms with E-state index >= 15 is 0 Å². The third-order valence-corrected chi connectivity index (χ3v) is 4.66. The van der Waals surface area contributed by atoms with Crippen molar-refractivity contribution < 1.29 is 9.53 Å². The van der Waals surface area contributed by atoms with Crippen LogP contribution in [0.5, 0.6) is 0 Å². The number of rotatable bonds is 8. The molecule has 1 rings (SSSR count). The van der Waals surface area contributed by atoms with E-state index in [1.165, 1.54) is 0 Å². The molecule has 1 aliphatic carbocycles. The van der Waals surface area contributed by atoms with Gasteiger partial charge < -0.3 is 10.5 Å². The van der Waals surface area contributed by atoms with E-state index in [0.717, 1.165) is 38.6 Å². The van der Waals surface area contributed by atoms with Crippen LogP contribution in [0.4, 0.5) is 0 Å². The van der Waals surface area contributed by atoms with E-state index in [4.69, 9.17) is 10.5 Å². The zero-order valence-electron chi connectivity index (χ0n) is 14.5. The summed E-state index contributed by atoms with van der Waals surface area (Å²) in [4.78, 5) is 14.7. The summed E-state index contributed by atoms with van der Waals surface area (Å²) < 4.78 is 5.17. The van der Waals surface area contributed by atoms with E-state index in [1.54, 1.807) is 0 Å². The number of carbonyl (C=O) groups is 1. The Morgan fingerprint density at radius 3 is 2.43 bits per heavy atom. The minimum absolute atomic E-state index is 0.221. The minimum Gasteiger partial charge on any atom is -0.465 e. The summed E-state index contributed by atoms with van der Waals surface area (Å²) in [7, 11) is 0. The fourth-order valence-electron chi connectivity index (χ4n) is 3.57. The highest BCUT2D eigenvalue weighted by Gasteiger charge is 2.45. The third kappa shape index (κ3) is 4.68. The molecule has 124 valence electrons. The molecule has 2 atom stereocenters. The van der Waals surface area contributed by atoms with Crippen LogP contribution in [0, 0.1) is 5.92 Å². The first-order chi connectivity index (χ1) is 9.87. The van der Waals surface area contributed by atoms with Crippen LogP contribution in [0.15, 0.2) is 0 Å². The number of nitrogens with two attached hydrogens (primary N) is 1. The van der Waals surface area contributed by atoms with Crippen LogP contribution < -0.4 is 5.73 Å². The molecule has 0 radical (unpaired) electrons. The summed E-state index contributed by atoms with van der Waals surface area (Å²) in [6.07, 6.45) is 4.77. The van der Waals surface area contributed by atoms with Crippen molar-refractivity contribution in [1.29, 1.82) is 0 Å². The Hall–Kier alpha value is -0.610. The molecule has 0 aliphatic heterocycles. The van der Waals surface area contributed by atoms with Gasteiger partial charge in [0.25, 0.3) is 0 Å². The Balaban J connectivity index is 2.79. The van der Waals surface area contributed by atoms with Gasteiger partial charge in [0.1, 0.15) is 5.54 Å². The highest BCUT2D eigenvalue weighted by Crippen LogP contribution is 2.34. The molecule has 2 N–H and O–H groups in total. The normalized spacial score (nSPS) is 26.0. The topological polar surface area (TPSA) is 55.6 Å². The van der Waals surface area contributed by atoms with Gasteiger partial charge in [-0.05, 0) is 44.9 Å². The molecule has 4 heteroatoms. The van der Waals surface area contributed by atoms with Gasteiger partial charge in [0.05, 0.1) is 6.61 Å². The van der Waals surface area contributed by atoms with Crippen molar-refractivity contribution in [2.24, 2.45) is 11.7 Å². The summed E-state index contributed by atoms with van der Waals surface area (Å²) in [5, 5.41) is 0. The standard InChI is InChI=1S/C17H34N2O2/c1-6-14(7-2)19(12-13(4)5)15-9-10-17(18,11-15)16(20)21-8-3/h13-15H,6-12,18H2,1-5H3. The molecule has 4 nitrogen and oxygen atoms in total. The molecule has 0 heterocycles. The van der Waals surface area contributed by atoms with E-state index in [9.17, 15) is 4.79 Å². The number of carbonyl (C=O) groups excluding carboxylic acids is 1. The minimum atomic E-state index is -0.776. The van der Waals surface area contributed by atoms with Gasteiger partial charge in [-0.1, -0.05) is 27.7 Å². The van der Waals surface area contributed by atoms with Crippen molar-refractivity contribution in [2.45, 2.75) is 84.3 Å². The molecule has 1 fully saturated rings. The summed E-state index contributed by atoms with van der Waals surface area (Å²) in [5.74, 6) is 0.405. The van der Waals surface area contributed by atoms with Gasteiger partial charge in [-0.2, -0.15) is 0 Å². The van der Waals surface area contributed by atoms with E-state index < -0.39 is 5.54 Å². The van der Waals surface area contributed by atoms with Crippen molar-refractivity contribution in [3.8, 4) is 0 Å². The Morgan fingerprint density at radius 2 is 1.95 bits per heavy atom. The Kier molecular flexibility index (Phi) is 7.14. The van der Waals surface area contributed by atoms with Crippen molar-refractivity contribution >= 4 is 5.97 Å². The number of hydrogen-bond donors (Lipinski definition) is 1. The van der Waals surface area contributed by atoms with Gasteiger partial charge >= 0.3 is 5.97 Å². The van der Waals surface area contributed by atoms with Gasteiger partial charge in [0, 0.05) is 18.6 Å². The summed E-state index contributed by atoms with van der Waals surface area (Å²) >= 11 is 0. The molecule has 0 aromatic rings. The second-order valence-corrected chi connectivity index (χ2v) is 6.83. The molecule has 21 heavy (non-hydrogen) atoms. The lowest BCUT2D eigenvalue weighted by atomic mass is 9.97. The average molecular weight is 298 g/mol. The molecule has 0 aromatic carbocycles. The van der Waals surface area contributed by atoms with Crippen molar-refractivity contribution in [3.05, 3.63) is 0 Å². The van der Waals surface area contributed by atoms with E-state index in [0.29, 0.717) is 24.6 Å². The monoisotopic (exact) mass is 298 g/mol. The van der Waals surface area contributed by atoms with Gasteiger partial charge in [-0.15, -0.1) is 0 Å². The van der Waals surface area contributed by atoms with Crippen molar-refractivity contribution in [1.82, 2.24) is 4.90 Å². The SMILES string of the molecule is CCOC(=O)C1(N)CCC(N(CC(C)C)C(CC)CC)C1. The lowest BCUT2D eigenvalue weighted by Crippen LogP contribution is -2.50. The fourth-order valence-corrected chi connectivity index (χ4v) is 3.57. The Labute approximate surface area is 130 Å². The number of hydrogen-bond acceptors (Lipinski definition) is 4. The maximum atomic E-state index is 12.1. The Morgan fingerprint density at radius 1 is 1.33 bits per heavy atom. The predicted molar refractivity (Wildman–Crippen MR) is 87.1 cm³/mol.